The fraction of sp³-hybridized carbons (Fsp3) is 0.208. The summed E-state index contributed by atoms with van der Waals surface area (Å²) in [5.41, 5.74) is 5.08. The third kappa shape index (κ3) is 4.68. The van der Waals surface area contributed by atoms with E-state index in [0.717, 1.165) is 58.9 Å². The maximum Gasteiger partial charge on any atom is 0.262 e. The number of halogens is 2. The molecule has 0 radical (unpaired) electrons. The number of rotatable bonds is 5. The van der Waals surface area contributed by atoms with E-state index in [9.17, 15) is 4.79 Å². The molecule has 1 aliphatic heterocycles. The number of nitrogens with zero attached hydrogens (tertiary/aromatic N) is 3. The van der Waals surface area contributed by atoms with Crippen molar-refractivity contribution in [3.05, 3.63) is 75.8 Å². The van der Waals surface area contributed by atoms with E-state index in [4.69, 9.17) is 21.3 Å². The zero-order valence-corrected chi connectivity index (χ0v) is 20.6. The quantitative estimate of drug-likeness (QED) is 0.254. The van der Waals surface area contributed by atoms with Gasteiger partial charge in [-0.2, -0.15) is 0 Å². The molecule has 1 saturated heterocycles. The van der Waals surface area contributed by atoms with Gasteiger partial charge in [0.05, 0.1) is 30.8 Å². The van der Waals surface area contributed by atoms with Crippen LogP contribution in [0.4, 0.5) is 17.2 Å². The monoisotopic (exact) mass is 573 g/mol. The van der Waals surface area contributed by atoms with Crippen molar-refractivity contribution >= 4 is 62.3 Å². The molecule has 2 aromatic carbocycles. The van der Waals surface area contributed by atoms with Gasteiger partial charge in [-0.15, -0.1) is 0 Å². The summed E-state index contributed by atoms with van der Waals surface area (Å²) in [5.74, 6) is 0.463. The van der Waals surface area contributed by atoms with Gasteiger partial charge in [0.15, 0.2) is 0 Å². The number of alkyl halides is 1. The van der Waals surface area contributed by atoms with Gasteiger partial charge >= 0.3 is 0 Å². The molecule has 0 saturated carbocycles. The Morgan fingerprint density at radius 3 is 2.67 bits per heavy atom. The molecule has 4 aromatic rings. The maximum absolute atomic E-state index is 12.7. The van der Waals surface area contributed by atoms with Crippen molar-refractivity contribution in [2.75, 3.05) is 36.5 Å². The number of H-pyrrole nitrogens is 1. The number of hydrogen-bond acceptors (Lipinski definition) is 6. The van der Waals surface area contributed by atoms with Crippen LogP contribution in [0.1, 0.15) is 5.56 Å². The van der Waals surface area contributed by atoms with Crippen molar-refractivity contribution in [3.63, 3.8) is 0 Å². The van der Waals surface area contributed by atoms with E-state index in [-0.39, 0.29) is 5.56 Å². The Kier molecular flexibility index (Phi) is 6.48. The largest absolute Gasteiger partial charge is 0.378 e. The Bertz CT molecular complexity index is 1350. The van der Waals surface area contributed by atoms with E-state index in [1.165, 1.54) is 6.33 Å². The molecule has 2 N–H and O–H groups in total. The molecule has 1 fully saturated rings. The van der Waals surface area contributed by atoms with Crippen LogP contribution in [-0.4, -0.2) is 41.3 Å². The summed E-state index contributed by atoms with van der Waals surface area (Å²) < 4.78 is 6.22. The number of ether oxygens (including phenoxy) is 1. The third-order valence-corrected chi connectivity index (χ3v) is 6.68. The minimum absolute atomic E-state index is 0.239. The highest BCUT2D eigenvalue weighted by atomic mass is 127. The molecule has 33 heavy (non-hydrogen) atoms. The molecule has 0 aliphatic carbocycles. The topological polar surface area (TPSA) is 83.1 Å². The molecule has 168 valence electrons. The minimum Gasteiger partial charge on any atom is -0.378 e. The third-order valence-electron chi connectivity index (χ3n) is 5.62. The average molecular weight is 574 g/mol. The summed E-state index contributed by atoms with van der Waals surface area (Å²) in [7, 11) is 0. The SMILES string of the molecule is O=c1[nH]cnc2cc(-c3ccc(Cl)cc3CI)nc(Nc3ccc(N4CCOCC4)cc3)c12. The summed E-state index contributed by atoms with van der Waals surface area (Å²) in [4.78, 5) is 26.8. The number of aromatic nitrogens is 3. The molecule has 0 unspecified atom stereocenters. The van der Waals surface area contributed by atoms with Gasteiger partial charge in [-0.3, -0.25) is 4.79 Å². The van der Waals surface area contributed by atoms with Crippen LogP contribution in [0, 0.1) is 0 Å². The summed E-state index contributed by atoms with van der Waals surface area (Å²) >= 11 is 8.51. The van der Waals surface area contributed by atoms with Crippen LogP contribution in [0.2, 0.25) is 5.02 Å². The number of aromatic amines is 1. The van der Waals surface area contributed by atoms with Gasteiger partial charge in [0, 0.05) is 39.5 Å². The van der Waals surface area contributed by atoms with Crippen LogP contribution in [0.3, 0.4) is 0 Å². The molecule has 5 rings (SSSR count). The smallest absolute Gasteiger partial charge is 0.262 e. The van der Waals surface area contributed by atoms with Crippen LogP contribution < -0.4 is 15.8 Å². The van der Waals surface area contributed by atoms with E-state index in [0.29, 0.717) is 21.7 Å². The Hall–Kier alpha value is -2.69. The fourth-order valence-electron chi connectivity index (χ4n) is 3.95. The van der Waals surface area contributed by atoms with Gasteiger partial charge < -0.3 is 19.9 Å². The fourth-order valence-corrected chi connectivity index (χ4v) is 4.78. The number of pyridine rings is 1. The predicted octanol–water partition coefficient (Wildman–Crippen LogP) is 5.15. The lowest BCUT2D eigenvalue weighted by Gasteiger charge is -2.28. The van der Waals surface area contributed by atoms with Crippen LogP contribution >= 0.6 is 34.2 Å². The molecular weight excluding hydrogens is 553 g/mol. The molecule has 0 spiro atoms. The number of nitrogens with one attached hydrogen (secondary N) is 2. The number of fused-ring (bicyclic) bond motifs is 1. The predicted molar refractivity (Wildman–Crippen MR) is 141 cm³/mol. The number of benzene rings is 2. The summed E-state index contributed by atoms with van der Waals surface area (Å²) in [6.07, 6.45) is 1.41. The number of hydrogen-bond donors (Lipinski definition) is 2. The lowest BCUT2D eigenvalue weighted by atomic mass is 10.0. The van der Waals surface area contributed by atoms with E-state index in [2.05, 4.69) is 54.9 Å². The highest BCUT2D eigenvalue weighted by Gasteiger charge is 2.15. The number of anilines is 3. The van der Waals surface area contributed by atoms with Gasteiger partial charge in [0.1, 0.15) is 11.2 Å². The lowest BCUT2D eigenvalue weighted by Crippen LogP contribution is -2.36. The normalized spacial score (nSPS) is 13.9. The Morgan fingerprint density at radius 1 is 1.12 bits per heavy atom. The van der Waals surface area contributed by atoms with Crippen molar-refractivity contribution < 1.29 is 4.74 Å². The lowest BCUT2D eigenvalue weighted by molar-refractivity contribution is 0.122. The van der Waals surface area contributed by atoms with Gasteiger partial charge in [0.25, 0.3) is 5.56 Å². The van der Waals surface area contributed by atoms with Gasteiger partial charge in [-0.25, -0.2) is 9.97 Å². The molecular formula is C24H21ClIN5O2. The van der Waals surface area contributed by atoms with Crippen LogP contribution in [0.15, 0.2) is 59.7 Å². The first-order chi connectivity index (χ1) is 16.1. The van der Waals surface area contributed by atoms with Crippen molar-refractivity contribution in [1.82, 2.24) is 15.0 Å². The second kappa shape index (κ2) is 9.66. The van der Waals surface area contributed by atoms with E-state index in [1.54, 1.807) is 0 Å². The highest BCUT2D eigenvalue weighted by Crippen LogP contribution is 2.31. The van der Waals surface area contributed by atoms with Crippen molar-refractivity contribution in [2.45, 2.75) is 4.43 Å². The molecule has 0 atom stereocenters. The molecule has 3 heterocycles. The Labute approximate surface area is 209 Å². The van der Waals surface area contributed by atoms with Crippen LogP contribution in [0.25, 0.3) is 22.2 Å². The number of morpholine rings is 1. The second-order valence-corrected chi connectivity index (χ2v) is 8.89. The van der Waals surface area contributed by atoms with Crippen LogP contribution in [-0.2, 0) is 9.16 Å². The molecule has 0 bridgehead atoms. The molecule has 2 aromatic heterocycles. The maximum atomic E-state index is 12.7. The van der Waals surface area contributed by atoms with E-state index < -0.39 is 0 Å². The van der Waals surface area contributed by atoms with Crippen molar-refractivity contribution in [3.8, 4) is 11.3 Å². The Balaban J connectivity index is 1.55. The van der Waals surface area contributed by atoms with Crippen molar-refractivity contribution in [1.29, 1.82) is 0 Å². The van der Waals surface area contributed by atoms with Gasteiger partial charge in [0.2, 0.25) is 0 Å². The zero-order valence-electron chi connectivity index (χ0n) is 17.6. The van der Waals surface area contributed by atoms with Gasteiger partial charge in [-0.05, 0) is 48.0 Å². The summed E-state index contributed by atoms with van der Waals surface area (Å²) in [6.45, 7) is 3.23. The standard InChI is InChI=1S/C24H21ClIN5O2/c25-16-1-6-19(15(11-16)13-26)20-12-21-22(24(32)28-14-27-21)23(30-20)29-17-2-4-18(5-3-17)31-7-9-33-10-8-31/h1-6,11-12,14H,7-10,13H2,(H,29,30)(H,27,28,32). The molecule has 7 nitrogen and oxygen atoms in total. The average Bonchev–Trinajstić information content (AvgIpc) is 2.85. The molecule has 1 aliphatic rings. The molecule has 9 heteroatoms. The second-order valence-electron chi connectivity index (χ2n) is 7.69. The van der Waals surface area contributed by atoms with Crippen LogP contribution in [0.5, 0.6) is 0 Å². The first kappa shape index (κ1) is 22.1. The van der Waals surface area contributed by atoms with Gasteiger partial charge in [-0.1, -0.05) is 40.3 Å². The van der Waals surface area contributed by atoms with E-state index in [1.807, 2.05) is 36.4 Å². The zero-order chi connectivity index (χ0) is 22.8. The van der Waals surface area contributed by atoms with Crippen molar-refractivity contribution in [2.24, 2.45) is 0 Å². The first-order valence-corrected chi connectivity index (χ1v) is 12.5. The minimum atomic E-state index is -0.239. The highest BCUT2D eigenvalue weighted by molar-refractivity contribution is 14.1. The van der Waals surface area contributed by atoms with E-state index >= 15 is 0 Å². The molecule has 0 amide bonds. The summed E-state index contributed by atoms with van der Waals surface area (Å²) in [5, 5.41) is 4.43. The Morgan fingerprint density at radius 2 is 1.91 bits per heavy atom. The first-order valence-electron chi connectivity index (χ1n) is 10.6. The summed E-state index contributed by atoms with van der Waals surface area (Å²) in [6, 6.07) is 15.7.